The van der Waals surface area contributed by atoms with Crippen LogP contribution >= 0.6 is 0 Å². The lowest BCUT2D eigenvalue weighted by Crippen LogP contribution is -2.59. The second kappa shape index (κ2) is 12.7. The van der Waals surface area contributed by atoms with Crippen LogP contribution in [0.25, 0.3) is 0 Å². The van der Waals surface area contributed by atoms with Gasteiger partial charge in [-0.2, -0.15) is 8.42 Å². The fourth-order valence-corrected chi connectivity index (χ4v) is 8.29. The number of aromatic nitrogens is 2. The molecule has 266 valence electrons. The van der Waals surface area contributed by atoms with Crippen molar-refractivity contribution >= 4 is 38.6 Å². The van der Waals surface area contributed by atoms with Crippen molar-refractivity contribution in [3.63, 3.8) is 0 Å². The van der Waals surface area contributed by atoms with Crippen molar-refractivity contribution < 1.29 is 40.9 Å². The highest BCUT2D eigenvalue weighted by molar-refractivity contribution is 7.90. The summed E-state index contributed by atoms with van der Waals surface area (Å²) in [7, 11) is -9.59. The number of nitrogens with two attached hydrogens (primary N) is 1. The van der Waals surface area contributed by atoms with Crippen molar-refractivity contribution in [1.29, 1.82) is 0 Å². The second-order valence-electron chi connectivity index (χ2n) is 15.3. The van der Waals surface area contributed by atoms with E-state index in [-0.39, 0.29) is 22.9 Å². The molecule has 2 unspecified atom stereocenters. The number of rotatable bonds is 10. The number of aryl methyl sites for hydroxylation is 1. The smallest absolute Gasteiger partial charge is 0.333 e. The van der Waals surface area contributed by atoms with Crippen LogP contribution in [0, 0.1) is 6.92 Å². The van der Waals surface area contributed by atoms with Crippen LogP contribution in [0.15, 0.2) is 26.9 Å². The average Bonchev–Trinajstić information content (AvgIpc) is 3.32. The van der Waals surface area contributed by atoms with Crippen LogP contribution in [0.4, 0.5) is 0 Å². The maximum absolute atomic E-state index is 14.0. The van der Waals surface area contributed by atoms with Crippen molar-refractivity contribution in [3.05, 3.63) is 43.7 Å². The molecular weight excluding hydrogens is 669 g/mol. The van der Waals surface area contributed by atoms with Crippen molar-refractivity contribution in [2.24, 2.45) is 5.73 Å². The summed E-state index contributed by atoms with van der Waals surface area (Å²) in [5.74, 6) is -2.18. The molecule has 1 spiro atoms. The van der Waals surface area contributed by atoms with E-state index < -0.39 is 91.5 Å². The number of carboxylic acid groups (broad SMARTS) is 1. The lowest BCUT2D eigenvalue weighted by Gasteiger charge is -2.43. The molecular formula is C29H50N4O11SSi2. The van der Waals surface area contributed by atoms with Crippen LogP contribution < -0.4 is 22.3 Å². The van der Waals surface area contributed by atoms with E-state index in [1.165, 1.54) is 20.0 Å². The number of nitrogens with zero attached hydrogens (tertiary/aromatic N) is 2. The molecule has 1 aromatic heterocycles. The van der Waals surface area contributed by atoms with Crippen LogP contribution in [-0.2, 0) is 44.0 Å². The van der Waals surface area contributed by atoms with Gasteiger partial charge in [-0.05, 0) is 50.1 Å². The van der Waals surface area contributed by atoms with Crippen molar-refractivity contribution in [3.8, 4) is 0 Å². The predicted molar refractivity (Wildman–Crippen MR) is 179 cm³/mol. The molecule has 5 atom stereocenters. The van der Waals surface area contributed by atoms with E-state index in [0.717, 1.165) is 9.98 Å². The Hall–Kier alpha value is -2.62. The zero-order valence-corrected chi connectivity index (χ0v) is 32.1. The molecule has 15 nitrogen and oxygen atoms in total. The normalized spacial score (nSPS) is 25.5. The fourth-order valence-electron chi connectivity index (χ4n) is 4.79. The highest BCUT2D eigenvalue weighted by Crippen LogP contribution is 2.52. The topological polar surface area (TPSA) is 207 Å². The summed E-state index contributed by atoms with van der Waals surface area (Å²) in [5, 5.41) is 11.6. The first-order valence-electron chi connectivity index (χ1n) is 15.3. The minimum atomic E-state index is -4.32. The molecule has 0 aromatic carbocycles. The maximum Gasteiger partial charge on any atom is 0.333 e. The molecule has 1 aromatic rings. The SMILES string of the molecule is Cc1cn([C@@H]2OC(CO[Si](C)(C)C(C)(C)C)C3(OS(=O)(=O)C=C3N)[C@H]2O[Si](C)(C)C(C)(C)C)c(=O)n(CC(=O)N[C@@H](C)C(=O)O)c1=O. The minimum absolute atomic E-state index is 0.0526. The molecule has 4 N–H and O–H groups in total. The molecule has 2 aliphatic rings. The summed E-state index contributed by atoms with van der Waals surface area (Å²) in [6.45, 7) is 21.7. The Morgan fingerprint density at radius 2 is 1.66 bits per heavy atom. The third-order valence-electron chi connectivity index (χ3n) is 9.76. The Labute approximate surface area is 277 Å². The Morgan fingerprint density at radius 3 is 2.13 bits per heavy atom. The van der Waals surface area contributed by atoms with Gasteiger partial charge in [0.1, 0.15) is 24.8 Å². The standard InChI is InChI=1S/C29H50N4O11SSi2/c1-17-13-33(26(38)32(23(17)35)14-21(34)31-18(2)25(36)37)24-22(43-47(11,12)28(6,7)8)29(19(30)16-45(39,40)44-29)20(42-24)15-41-46(9,10)27(3,4)5/h13,16,18,20,22,24H,14-15,30H2,1-12H3,(H,31,34)(H,36,37)/t18-,20?,22-,24+,29?/m0/s1. The highest BCUT2D eigenvalue weighted by atomic mass is 32.2. The molecule has 2 aliphatic heterocycles. The number of carboxylic acids is 1. The molecule has 1 amide bonds. The molecule has 3 rings (SSSR count). The Bertz CT molecular complexity index is 1670. The lowest BCUT2D eigenvalue weighted by molar-refractivity contribution is -0.141. The average molecular weight is 719 g/mol. The highest BCUT2D eigenvalue weighted by Gasteiger charge is 2.67. The van der Waals surface area contributed by atoms with Gasteiger partial charge >= 0.3 is 11.7 Å². The summed E-state index contributed by atoms with van der Waals surface area (Å²) in [6, 6.07) is -1.27. The largest absolute Gasteiger partial charge is 0.480 e. The summed E-state index contributed by atoms with van der Waals surface area (Å²) in [5.41, 5.74) is 2.68. The quantitative estimate of drug-likeness (QED) is 0.235. The summed E-state index contributed by atoms with van der Waals surface area (Å²) < 4.78 is 53.4. The molecule has 18 heteroatoms. The van der Waals surface area contributed by atoms with Crippen LogP contribution in [0.3, 0.4) is 0 Å². The molecule has 47 heavy (non-hydrogen) atoms. The van der Waals surface area contributed by atoms with E-state index in [1.807, 2.05) is 67.7 Å². The number of aliphatic carboxylic acids is 1. The van der Waals surface area contributed by atoms with Crippen LogP contribution in [0.5, 0.6) is 0 Å². The number of amides is 1. The second-order valence-corrected chi connectivity index (χ2v) is 26.3. The van der Waals surface area contributed by atoms with Gasteiger partial charge in [-0.15, -0.1) is 0 Å². The van der Waals surface area contributed by atoms with Crippen molar-refractivity contribution in [1.82, 2.24) is 14.5 Å². The van der Waals surface area contributed by atoms with E-state index in [0.29, 0.717) is 4.57 Å². The number of carbonyl (C=O) groups excluding carboxylic acids is 1. The zero-order valence-electron chi connectivity index (χ0n) is 29.3. The van der Waals surface area contributed by atoms with Gasteiger partial charge in [0.05, 0.1) is 17.7 Å². The summed E-state index contributed by atoms with van der Waals surface area (Å²) in [6.07, 6.45) is -2.65. The first kappa shape index (κ1) is 38.8. The third-order valence-corrected chi connectivity index (χ3v) is 19.8. The van der Waals surface area contributed by atoms with Gasteiger partial charge in [0.25, 0.3) is 15.7 Å². The Morgan fingerprint density at radius 1 is 1.11 bits per heavy atom. The molecule has 3 heterocycles. The number of nitrogens with one attached hydrogen (secondary N) is 1. The molecule has 1 saturated heterocycles. The fraction of sp³-hybridized carbons (Fsp3) is 0.724. The van der Waals surface area contributed by atoms with E-state index in [1.54, 1.807) is 0 Å². The third kappa shape index (κ3) is 7.52. The minimum Gasteiger partial charge on any atom is -0.480 e. The van der Waals surface area contributed by atoms with Crippen LogP contribution in [-0.4, -0.2) is 81.6 Å². The Balaban J connectivity index is 2.27. The van der Waals surface area contributed by atoms with Gasteiger partial charge in [-0.1, -0.05) is 41.5 Å². The molecule has 0 saturated carbocycles. The summed E-state index contributed by atoms with van der Waals surface area (Å²) in [4.78, 5) is 51.2. The number of hydrogen-bond acceptors (Lipinski definition) is 11. The van der Waals surface area contributed by atoms with Gasteiger partial charge in [-0.3, -0.25) is 23.5 Å². The lowest BCUT2D eigenvalue weighted by atomic mass is 9.89. The first-order chi connectivity index (χ1) is 21.1. The predicted octanol–water partition coefficient (Wildman–Crippen LogP) is 2.12. The van der Waals surface area contributed by atoms with Crippen LogP contribution in [0.1, 0.15) is 60.3 Å². The monoisotopic (exact) mass is 718 g/mol. The van der Waals surface area contributed by atoms with E-state index in [9.17, 15) is 32.7 Å². The van der Waals surface area contributed by atoms with Gasteiger partial charge < -0.3 is 29.7 Å². The van der Waals surface area contributed by atoms with Gasteiger partial charge in [-0.25, -0.2) is 8.98 Å². The van der Waals surface area contributed by atoms with Crippen LogP contribution in [0.2, 0.25) is 36.3 Å². The molecule has 0 aliphatic carbocycles. The van der Waals surface area contributed by atoms with Gasteiger partial charge in [0.15, 0.2) is 28.5 Å². The van der Waals surface area contributed by atoms with Crippen molar-refractivity contribution in [2.45, 2.75) is 128 Å². The van der Waals surface area contributed by atoms with E-state index >= 15 is 0 Å². The van der Waals surface area contributed by atoms with Gasteiger partial charge in [0.2, 0.25) is 5.91 Å². The number of hydrogen-bond donors (Lipinski definition) is 3. The van der Waals surface area contributed by atoms with Crippen molar-refractivity contribution in [2.75, 3.05) is 6.61 Å². The van der Waals surface area contributed by atoms with E-state index in [4.69, 9.17) is 23.5 Å². The molecule has 0 bridgehead atoms. The number of carbonyl (C=O) groups is 2. The zero-order chi connectivity index (χ0) is 36.3. The van der Waals surface area contributed by atoms with Gasteiger partial charge in [0, 0.05) is 11.8 Å². The molecule has 1 fully saturated rings. The van der Waals surface area contributed by atoms with E-state index in [2.05, 4.69) is 5.32 Å². The Kier molecular flexibility index (Phi) is 10.5. The summed E-state index contributed by atoms with van der Waals surface area (Å²) >= 11 is 0. The maximum atomic E-state index is 14.0. The first-order valence-corrected chi connectivity index (χ1v) is 22.6. The number of ether oxygens (including phenoxy) is 1. The molecule has 0 radical (unpaired) electrons.